The van der Waals surface area contributed by atoms with Gasteiger partial charge in [-0.1, -0.05) is 30.3 Å². The second-order valence-electron chi connectivity index (χ2n) is 4.81. The van der Waals surface area contributed by atoms with Crippen LogP contribution in [0.5, 0.6) is 0 Å². The van der Waals surface area contributed by atoms with E-state index in [1.54, 1.807) is 30.3 Å². The second kappa shape index (κ2) is 4.90. The minimum Gasteiger partial charge on any atom is -0.545 e. The van der Waals surface area contributed by atoms with Gasteiger partial charge in [-0.3, -0.25) is 4.79 Å². The van der Waals surface area contributed by atoms with Crippen molar-refractivity contribution in [2.24, 2.45) is 0 Å². The van der Waals surface area contributed by atoms with E-state index >= 15 is 0 Å². The van der Waals surface area contributed by atoms with Gasteiger partial charge in [0.2, 0.25) is 0 Å². The number of aryl methyl sites for hydroxylation is 1. The molecule has 4 nitrogen and oxygen atoms in total. The van der Waals surface area contributed by atoms with Crippen LogP contribution in [0.1, 0.15) is 15.9 Å². The summed E-state index contributed by atoms with van der Waals surface area (Å²) < 4.78 is 5.71. The van der Waals surface area contributed by atoms with Gasteiger partial charge in [0.25, 0.3) is 0 Å². The Morgan fingerprint density at radius 2 is 1.86 bits per heavy atom. The molecule has 0 amide bonds. The van der Waals surface area contributed by atoms with Crippen molar-refractivity contribution in [3.63, 3.8) is 0 Å². The maximum atomic E-state index is 12.1. The van der Waals surface area contributed by atoms with Crippen molar-refractivity contribution < 1.29 is 14.3 Å². The molecule has 3 rings (SSSR count). The van der Waals surface area contributed by atoms with Crippen molar-refractivity contribution in [1.82, 2.24) is 0 Å². The first-order chi connectivity index (χ1) is 10.1. The summed E-state index contributed by atoms with van der Waals surface area (Å²) in [6.07, 6.45) is 0. The quantitative estimate of drug-likeness (QED) is 0.720. The molecule has 0 saturated carbocycles. The van der Waals surface area contributed by atoms with Gasteiger partial charge in [0, 0.05) is 17.2 Å². The summed E-state index contributed by atoms with van der Waals surface area (Å²) in [6.45, 7) is 1.89. The summed E-state index contributed by atoms with van der Waals surface area (Å²) in [5.74, 6) is -1.09. The molecule has 0 saturated heterocycles. The molecule has 0 aliphatic heterocycles. The average Bonchev–Trinajstić information content (AvgIpc) is 2.46. The lowest BCUT2D eigenvalue weighted by Crippen LogP contribution is -2.23. The van der Waals surface area contributed by atoms with Gasteiger partial charge < -0.3 is 14.3 Å². The number of benzene rings is 2. The minimum atomic E-state index is -1.31. The summed E-state index contributed by atoms with van der Waals surface area (Å²) >= 11 is 0. The Morgan fingerprint density at radius 3 is 2.62 bits per heavy atom. The third-order valence-corrected chi connectivity index (χ3v) is 3.30. The van der Waals surface area contributed by atoms with E-state index in [1.165, 1.54) is 12.1 Å². The number of rotatable bonds is 2. The molecule has 0 spiro atoms. The number of hydrogen-bond donors (Lipinski definition) is 0. The molecule has 0 bridgehead atoms. The van der Waals surface area contributed by atoms with Crippen LogP contribution < -0.4 is 10.5 Å². The molecule has 0 N–H and O–H groups in total. The molecular formula is C17H11O4-. The fraction of sp³-hybridized carbons (Fsp3) is 0.0588. The Labute approximate surface area is 120 Å². The topological polar surface area (TPSA) is 70.3 Å². The van der Waals surface area contributed by atoms with Crippen LogP contribution in [0.15, 0.2) is 57.7 Å². The maximum absolute atomic E-state index is 12.1. The lowest BCUT2D eigenvalue weighted by Gasteiger charge is -2.10. The summed E-state index contributed by atoms with van der Waals surface area (Å²) in [4.78, 5) is 23.3. The first kappa shape index (κ1) is 13.1. The van der Waals surface area contributed by atoms with Gasteiger partial charge in [0.1, 0.15) is 11.3 Å². The van der Waals surface area contributed by atoms with Crippen molar-refractivity contribution in [2.45, 2.75) is 6.92 Å². The Morgan fingerprint density at radius 1 is 1.10 bits per heavy atom. The summed E-state index contributed by atoms with van der Waals surface area (Å²) in [5, 5.41) is 11.6. The molecule has 0 radical (unpaired) electrons. The van der Waals surface area contributed by atoms with Gasteiger partial charge in [-0.15, -0.1) is 0 Å². The Bertz CT molecular complexity index is 906. The molecule has 0 aliphatic rings. The van der Waals surface area contributed by atoms with Crippen LogP contribution in [-0.4, -0.2) is 5.97 Å². The molecule has 0 atom stereocenters. The SMILES string of the molecule is Cc1ccc2c(=O)cc(-c3ccccc3C(=O)[O-])oc2c1. The van der Waals surface area contributed by atoms with Crippen LogP contribution in [0.3, 0.4) is 0 Å². The zero-order valence-corrected chi connectivity index (χ0v) is 11.3. The van der Waals surface area contributed by atoms with Crippen molar-refractivity contribution >= 4 is 16.9 Å². The second-order valence-corrected chi connectivity index (χ2v) is 4.81. The first-order valence-electron chi connectivity index (χ1n) is 6.41. The third-order valence-electron chi connectivity index (χ3n) is 3.30. The van der Waals surface area contributed by atoms with E-state index < -0.39 is 5.97 Å². The van der Waals surface area contributed by atoms with E-state index in [-0.39, 0.29) is 16.8 Å². The Hall–Kier alpha value is -2.88. The highest BCUT2D eigenvalue weighted by Crippen LogP contribution is 2.25. The molecule has 3 aromatic rings. The van der Waals surface area contributed by atoms with Gasteiger partial charge in [-0.2, -0.15) is 0 Å². The number of fused-ring (bicyclic) bond motifs is 1. The van der Waals surface area contributed by atoms with E-state index in [9.17, 15) is 14.7 Å². The highest BCUT2D eigenvalue weighted by Gasteiger charge is 2.11. The lowest BCUT2D eigenvalue weighted by molar-refractivity contribution is -0.254. The predicted molar refractivity (Wildman–Crippen MR) is 77.0 cm³/mol. The van der Waals surface area contributed by atoms with E-state index in [2.05, 4.69) is 0 Å². The van der Waals surface area contributed by atoms with Crippen molar-refractivity contribution in [2.75, 3.05) is 0 Å². The molecule has 1 heterocycles. The largest absolute Gasteiger partial charge is 0.545 e. The molecule has 0 aliphatic carbocycles. The fourth-order valence-corrected chi connectivity index (χ4v) is 2.27. The zero-order chi connectivity index (χ0) is 15.0. The van der Waals surface area contributed by atoms with Crippen molar-refractivity contribution in [3.8, 4) is 11.3 Å². The van der Waals surface area contributed by atoms with E-state index in [1.807, 2.05) is 13.0 Å². The van der Waals surface area contributed by atoms with Crippen LogP contribution in [0.25, 0.3) is 22.3 Å². The van der Waals surface area contributed by atoms with Gasteiger partial charge >= 0.3 is 0 Å². The van der Waals surface area contributed by atoms with Crippen LogP contribution in [0.2, 0.25) is 0 Å². The van der Waals surface area contributed by atoms with Crippen molar-refractivity contribution in [3.05, 3.63) is 69.9 Å². The van der Waals surface area contributed by atoms with Crippen LogP contribution >= 0.6 is 0 Å². The highest BCUT2D eigenvalue weighted by atomic mass is 16.4. The maximum Gasteiger partial charge on any atom is 0.193 e. The Kier molecular flexibility index (Phi) is 3.06. The van der Waals surface area contributed by atoms with E-state index in [0.717, 1.165) is 5.56 Å². The zero-order valence-electron chi connectivity index (χ0n) is 11.3. The molecule has 1 aromatic heterocycles. The number of carboxylic acids is 1. The van der Waals surface area contributed by atoms with E-state index in [4.69, 9.17) is 4.42 Å². The van der Waals surface area contributed by atoms with E-state index in [0.29, 0.717) is 16.5 Å². The number of carboxylic acid groups (broad SMARTS) is 1. The average molecular weight is 279 g/mol. The molecule has 0 fully saturated rings. The number of hydrogen-bond acceptors (Lipinski definition) is 4. The van der Waals surface area contributed by atoms with Gasteiger partial charge in [0.05, 0.1) is 11.4 Å². The van der Waals surface area contributed by atoms with Gasteiger partial charge in [0.15, 0.2) is 5.43 Å². The number of carbonyl (C=O) groups is 1. The summed E-state index contributed by atoms with van der Waals surface area (Å²) in [7, 11) is 0. The predicted octanol–water partition coefficient (Wildman–Crippen LogP) is 2.13. The third kappa shape index (κ3) is 2.31. The summed E-state index contributed by atoms with van der Waals surface area (Å²) in [6, 6.07) is 12.9. The molecule has 4 heteroatoms. The smallest absolute Gasteiger partial charge is 0.193 e. The summed E-state index contributed by atoms with van der Waals surface area (Å²) in [5.41, 5.74) is 1.51. The van der Waals surface area contributed by atoms with Crippen LogP contribution in [0, 0.1) is 6.92 Å². The molecule has 0 unspecified atom stereocenters. The molecule has 2 aromatic carbocycles. The van der Waals surface area contributed by atoms with Crippen LogP contribution in [-0.2, 0) is 0 Å². The fourth-order valence-electron chi connectivity index (χ4n) is 2.27. The molecule has 104 valence electrons. The number of aromatic carboxylic acids is 1. The standard InChI is InChI=1S/C17H12O4/c1-10-6-7-13-14(18)9-16(21-15(13)8-10)11-4-2-3-5-12(11)17(19)20/h2-9H,1H3,(H,19,20)/p-1. The van der Waals surface area contributed by atoms with Gasteiger partial charge in [-0.05, 0) is 24.6 Å². The monoisotopic (exact) mass is 279 g/mol. The highest BCUT2D eigenvalue weighted by molar-refractivity contribution is 5.94. The molecule has 21 heavy (non-hydrogen) atoms. The van der Waals surface area contributed by atoms with Crippen molar-refractivity contribution in [1.29, 1.82) is 0 Å². The Balaban J connectivity index is 2.31. The molecular weight excluding hydrogens is 268 g/mol. The van der Waals surface area contributed by atoms with Crippen LogP contribution in [0.4, 0.5) is 0 Å². The normalized spacial score (nSPS) is 10.7. The minimum absolute atomic E-state index is 0.00680. The first-order valence-corrected chi connectivity index (χ1v) is 6.41. The number of carbonyl (C=O) groups excluding carboxylic acids is 1. The van der Waals surface area contributed by atoms with Gasteiger partial charge in [-0.25, -0.2) is 0 Å². The lowest BCUT2D eigenvalue weighted by atomic mass is 10.0.